The van der Waals surface area contributed by atoms with Crippen LogP contribution < -0.4 is 0 Å². The van der Waals surface area contributed by atoms with Gasteiger partial charge in [0.2, 0.25) is 0 Å². The first-order valence-electron chi connectivity index (χ1n) is 6.34. The second-order valence-electron chi connectivity index (χ2n) is 4.82. The molecule has 0 radical (unpaired) electrons. The van der Waals surface area contributed by atoms with E-state index in [1.165, 1.54) is 13.8 Å². The third-order valence-corrected chi connectivity index (χ3v) is 3.17. The first-order valence-corrected chi connectivity index (χ1v) is 6.34. The molecule has 0 aromatic heterocycles. The topological polar surface area (TPSA) is 118 Å². The van der Waals surface area contributed by atoms with E-state index in [0.29, 0.717) is 0 Å². The predicted molar refractivity (Wildman–Crippen MR) is 68.0 cm³/mol. The summed E-state index contributed by atoms with van der Waals surface area (Å²) in [7, 11) is 0. The number of ketones is 1. The van der Waals surface area contributed by atoms with Crippen LogP contribution in [-0.2, 0) is 23.9 Å². The summed E-state index contributed by atoms with van der Waals surface area (Å²) >= 11 is 0. The van der Waals surface area contributed by atoms with Crippen LogP contribution in [0.5, 0.6) is 0 Å². The SMILES string of the molecule is CCOC(=O)C(=O)C(C)(CCCC(C)C(=O)O)C(=O)O. The van der Waals surface area contributed by atoms with E-state index in [9.17, 15) is 19.2 Å². The number of aliphatic carboxylic acids is 2. The van der Waals surface area contributed by atoms with Crippen LogP contribution in [0.3, 0.4) is 0 Å². The molecule has 7 nitrogen and oxygen atoms in total. The molecule has 0 rings (SSSR count). The average molecular weight is 288 g/mol. The van der Waals surface area contributed by atoms with Crippen LogP contribution in [0.1, 0.15) is 40.0 Å². The van der Waals surface area contributed by atoms with Gasteiger partial charge in [-0.3, -0.25) is 14.4 Å². The van der Waals surface area contributed by atoms with Crippen LogP contribution >= 0.6 is 0 Å². The Labute approximate surface area is 116 Å². The number of hydrogen-bond acceptors (Lipinski definition) is 5. The van der Waals surface area contributed by atoms with Crippen molar-refractivity contribution in [2.45, 2.75) is 40.0 Å². The molecule has 0 aliphatic carbocycles. The maximum absolute atomic E-state index is 11.8. The van der Waals surface area contributed by atoms with E-state index in [4.69, 9.17) is 10.2 Å². The minimum absolute atomic E-state index is 0.0175. The van der Waals surface area contributed by atoms with Crippen molar-refractivity contribution in [2.75, 3.05) is 6.61 Å². The monoisotopic (exact) mass is 288 g/mol. The number of carboxylic acid groups (broad SMARTS) is 2. The number of carboxylic acids is 2. The van der Waals surface area contributed by atoms with Crippen LogP contribution in [0.25, 0.3) is 0 Å². The van der Waals surface area contributed by atoms with E-state index in [0.717, 1.165) is 6.92 Å². The van der Waals surface area contributed by atoms with E-state index >= 15 is 0 Å². The van der Waals surface area contributed by atoms with Gasteiger partial charge >= 0.3 is 17.9 Å². The van der Waals surface area contributed by atoms with Crippen molar-refractivity contribution in [3.05, 3.63) is 0 Å². The molecule has 0 amide bonds. The first-order chi connectivity index (χ1) is 9.16. The summed E-state index contributed by atoms with van der Waals surface area (Å²) in [6.45, 7) is 4.14. The minimum Gasteiger partial charge on any atom is -0.481 e. The molecule has 0 aliphatic heterocycles. The lowest BCUT2D eigenvalue weighted by Gasteiger charge is -2.22. The fourth-order valence-electron chi connectivity index (χ4n) is 1.62. The van der Waals surface area contributed by atoms with Crippen LogP contribution in [0, 0.1) is 11.3 Å². The highest BCUT2D eigenvalue weighted by Crippen LogP contribution is 2.27. The van der Waals surface area contributed by atoms with Gasteiger partial charge < -0.3 is 14.9 Å². The van der Waals surface area contributed by atoms with Crippen molar-refractivity contribution in [3.8, 4) is 0 Å². The molecule has 0 spiro atoms. The van der Waals surface area contributed by atoms with Crippen molar-refractivity contribution in [1.82, 2.24) is 0 Å². The molecular weight excluding hydrogens is 268 g/mol. The number of carbonyl (C=O) groups is 4. The minimum atomic E-state index is -1.88. The fraction of sp³-hybridized carbons (Fsp3) is 0.692. The Balaban J connectivity index is 4.78. The average Bonchev–Trinajstić information content (AvgIpc) is 2.37. The van der Waals surface area contributed by atoms with Crippen molar-refractivity contribution >= 4 is 23.7 Å². The van der Waals surface area contributed by atoms with Gasteiger partial charge in [-0.15, -0.1) is 0 Å². The third-order valence-electron chi connectivity index (χ3n) is 3.17. The maximum atomic E-state index is 11.8. The van der Waals surface area contributed by atoms with Gasteiger partial charge in [0.15, 0.2) is 0 Å². The summed E-state index contributed by atoms with van der Waals surface area (Å²) in [6.07, 6.45) is 0.327. The van der Waals surface area contributed by atoms with Gasteiger partial charge in [-0.25, -0.2) is 4.79 Å². The zero-order valence-corrected chi connectivity index (χ0v) is 11.8. The highest BCUT2D eigenvalue weighted by Gasteiger charge is 2.45. The number of rotatable bonds is 9. The second kappa shape index (κ2) is 7.62. The fourth-order valence-corrected chi connectivity index (χ4v) is 1.62. The van der Waals surface area contributed by atoms with Crippen LogP contribution in [-0.4, -0.2) is 40.5 Å². The molecule has 20 heavy (non-hydrogen) atoms. The Hall–Kier alpha value is -1.92. The molecule has 0 aromatic carbocycles. The molecule has 7 heteroatoms. The predicted octanol–water partition coefficient (Wildman–Crippen LogP) is 1.10. The van der Waals surface area contributed by atoms with E-state index in [1.807, 2.05) is 0 Å². The number of hydrogen-bond donors (Lipinski definition) is 2. The van der Waals surface area contributed by atoms with E-state index in [2.05, 4.69) is 4.74 Å². The van der Waals surface area contributed by atoms with E-state index in [-0.39, 0.29) is 25.9 Å². The van der Waals surface area contributed by atoms with Gasteiger partial charge in [-0.1, -0.05) is 13.3 Å². The van der Waals surface area contributed by atoms with Gasteiger partial charge in [-0.05, 0) is 26.7 Å². The molecule has 0 fully saturated rings. The Morgan fingerprint density at radius 2 is 1.75 bits per heavy atom. The normalized spacial score (nSPS) is 14.9. The molecule has 0 aromatic rings. The number of ether oxygens (including phenoxy) is 1. The van der Waals surface area contributed by atoms with Crippen LogP contribution in [0.4, 0.5) is 0 Å². The molecule has 0 saturated heterocycles. The highest BCUT2D eigenvalue weighted by molar-refractivity contribution is 6.39. The summed E-state index contributed by atoms with van der Waals surface area (Å²) in [6, 6.07) is 0. The Bertz CT molecular complexity index is 402. The lowest BCUT2D eigenvalue weighted by molar-refractivity contribution is -0.165. The molecule has 0 bridgehead atoms. The maximum Gasteiger partial charge on any atom is 0.375 e. The number of Topliss-reactive ketones (excluding diaryl/α,β-unsaturated/α-hetero) is 1. The summed E-state index contributed by atoms with van der Waals surface area (Å²) < 4.78 is 4.52. The van der Waals surface area contributed by atoms with Gasteiger partial charge in [-0.2, -0.15) is 0 Å². The number of esters is 1. The lowest BCUT2D eigenvalue weighted by Crippen LogP contribution is -2.41. The first kappa shape index (κ1) is 18.1. The summed E-state index contributed by atoms with van der Waals surface area (Å²) in [4.78, 5) is 45.1. The molecule has 0 saturated carbocycles. The lowest BCUT2D eigenvalue weighted by atomic mass is 9.80. The molecule has 2 N–H and O–H groups in total. The van der Waals surface area contributed by atoms with Crippen LogP contribution in [0.15, 0.2) is 0 Å². The van der Waals surface area contributed by atoms with E-state index in [1.54, 1.807) is 0 Å². The molecule has 114 valence electrons. The van der Waals surface area contributed by atoms with E-state index < -0.39 is 35.0 Å². The summed E-state index contributed by atoms with van der Waals surface area (Å²) in [5.41, 5.74) is -1.88. The van der Waals surface area contributed by atoms with Crippen molar-refractivity contribution < 1.29 is 34.1 Å². The van der Waals surface area contributed by atoms with Gasteiger partial charge in [0.1, 0.15) is 5.41 Å². The van der Waals surface area contributed by atoms with Crippen molar-refractivity contribution in [2.24, 2.45) is 11.3 Å². The zero-order chi connectivity index (χ0) is 15.9. The zero-order valence-electron chi connectivity index (χ0n) is 11.8. The summed E-state index contributed by atoms with van der Waals surface area (Å²) in [5.74, 6) is -5.33. The van der Waals surface area contributed by atoms with Crippen molar-refractivity contribution in [3.63, 3.8) is 0 Å². The Morgan fingerprint density at radius 1 is 1.20 bits per heavy atom. The smallest absolute Gasteiger partial charge is 0.375 e. The molecule has 2 unspecified atom stereocenters. The highest BCUT2D eigenvalue weighted by atomic mass is 16.5. The number of carbonyl (C=O) groups excluding carboxylic acids is 2. The Kier molecular flexibility index (Phi) is 6.89. The van der Waals surface area contributed by atoms with Gasteiger partial charge in [0.05, 0.1) is 12.5 Å². The van der Waals surface area contributed by atoms with Crippen molar-refractivity contribution in [1.29, 1.82) is 0 Å². The standard InChI is InChI=1S/C13H20O7/c1-4-20-11(17)9(14)13(3,12(18)19)7-5-6-8(2)10(15)16/h8H,4-7H2,1-3H3,(H,15,16)(H,18,19). The van der Waals surface area contributed by atoms with Gasteiger partial charge in [0, 0.05) is 0 Å². The largest absolute Gasteiger partial charge is 0.481 e. The molecule has 0 heterocycles. The van der Waals surface area contributed by atoms with Crippen LogP contribution in [0.2, 0.25) is 0 Å². The summed E-state index contributed by atoms with van der Waals surface area (Å²) in [5, 5.41) is 17.9. The quantitative estimate of drug-likeness (QED) is 0.370. The third kappa shape index (κ3) is 4.64. The molecule has 0 aliphatic rings. The Morgan fingerprint density at radius 3 is 2.15 bits per heavy atom. The second-order valence-corrected chi connectivity index (χ2v) is 4.82. The molecule has 2 atom stereocenters. The van der Waals surface area contributed by atoms with Gasteiger partial charge in [0.25, 0.3) is 5.78 Å². The molecular formula is C13H20O7.